The minimum absolute atomic E-state index is 0. The maximum absolute atomic E-state index is 14.4. The van der Waals surface area contributed by atoms with Crippen LogP contribution in [-0.2, 0) is 94.9 Å². The number of benzene rings is 2. The first-order valence-corrected chi connectivity index (χ1v) is 44.6. The summed E-state index contributed by atoms with van der Waals surface area (Å²) in [4.78, 5) is 188. The van der Waals surface area contributed by atoms with Gasteiger partial charge < -0.3 is 118 Å². The molecule has 11 rings (SSSR count). The normalized spacial score (nSPS) is 27.0. The molecule has 1 unspecified atom stereocenters. The molecule has 0 spiro atoms. The molecular weight excluding hydrogens is 1790 g/mol. The molecule has 2 fully saturated rings. The van der Waals surface area contributed by atoms with Crippen LogP contribution in [0.1, 0.15) is 179 Å². The number of phosphoric ester groups is 1. The molecule has 16 atom stereocenters. The Hall–Kier alpha value is -11.2. The molecule has 9 heterocycles. The van der Waals surface area contributed by atoms with Crippen LogP contribution >= 0.6 is 7.82 Å². The SMILES string of the molecule is C/C1=C2/[N-][C@H]([C@H](CC(N)=O)[C@@]2(C)CCC(=O)NC[C@@H](C)OP(=O)([O-])O[C@H]2[C@@H](O)[C@@H](n3cnc4cc(C)c(C)cc43)O[C@@H]2CO)[C@]2(C)N=C(/C(C)=C3N=C(/C=C4N=C1[C@@H](CCC(N)=O)C\4(C)C)[C@@H](CCC(N)=O)[C@]\3(C)CC(N)=O)[C@@H](CCC(N)=O)[C@]2(C)CC(N)=O.NCCS(=O)(=O)O.Nc1nc2ncc(CNc3ccc(C(=O)N[C@@H](CCC(=O)O)C(=O)O)cc3)nc2c(=O)[nH]1.[CH3-].[Co+3]. The minimum Gasteiger partial charge on any atom is -0.756 e. The number of carboxylic acids is 2. The van der Waals surface area contributed by atoms with E-state index in [9.17, 15) is 80.8 Å². The van der Waals surface area contributed by atoms with Gasteiger partial charge in [-0.1, -0.05) is 40.7 Å². The standard InChI is InChI=1S/C62H90N13O14P.C19H19N7O6.C2H7NO3S.CH3.Co/c1-29-20-39-40(21-30(29)2)75(28-70-39)57-52(84)53(41(27-76)87-57)89-90(85,86)88-31(3)26-69-49(83)18-19-59(8)37(22-46(66)80)56-62(11)61(10,25-48(68)82)36(14-17-45(65)79)51(74-62)33(5)55-60(9,24-47(67)81)34(12-15-43(63)77)38(71-55)23-42-58(6,7)35(13-16-44(64)78)50(72-42)32(4)54(59)73-56;20-19-25-15-14(17(30)26-19)23-11(8-22-15)7-21-10-3-1-9(2-4-10)16(29)24-12(18(31)32)5-6-13(27)28;3-1-2-7(4,5)6;;/h20-21,23,28,31,34-37,41,52-53,56-57,76,84H,12-19,22,24-27H2,1-11H3,(H15,63,64,65,66,67,68,69,71,72,73,74,77,78,79,80,81,82,83,85,86);1-4,8,12,21H,5-7H2,(H,24,29)(H,27,28)(H,31,32)(H3,20,22,25,26,30);1-3H2,(H,4,5,6);1H3;/q;;;-1;+3/p-2/t31-,34-,35-,36-,37+,41-,52-,53-,56-,57+,59-,60+,61+,62+;12-;;;/m10.../s1. The molecule has 0 aliphatic carbocycles. The van der Waals surface area contributed by atoms with Crippen LogP contribution in [0.15, 0.2) is 103 Å². The van der Waals surface area contributed by atoms with E-state index < -0.39 is 183 Å². The van der Waals surface area contributed by atoms with Crippen LogP contribution in [0, 0.1) is 66.6 Å². The second-order valence-electron chi connectivity index (χ2n) is 34.8. The molecule has 47 heteroatoms. The molecule has 0 saturated carbocycles. The number of nitrogens with one attached hydrogen (secondary N) is 4. The molecule has 2 saturated heterocycles. The smallest absolute Gasteiger partial charge is 0.756 e. The second kappa shape index (κ2) is 43.0. The zero-order valence-electron chi connectivity index (χ0n) is 74.7. The number of hydrogen-bond acceptors (Lipinski definition) is 30. The van der Waals surface area contributed by atoms with Gasteiger partial charge in [0.05, 0.1) is 65.5 Å². The van der Waals surface area contributed by atoms with Crippen molar-refractivity contribution in [2.24, 2.45) is 100 Å². The Morgan fingerprint density at radius 1 is 0.786 bits per heavy atom. The fourth-order valence-corrected chi connectivity index (χ4v) is 19.6. The quantitative estimate of drug-likeness (QED) is 0.0154. The molecule has 6 aliphatic rings. The van der Waals surface area contributed by atoms with E-state index in [0.29, 0.717) is 67.8 Å². The maximum atomic E-state index is 14.4. The van der Waals surface area contributed by atoms with Crippen LogP contribution in [0.25, 0.3) is 27.5 Å². The van der Waals surface area contributed by atoms with Crippen molar-refractivity contribution in [1.82, 2.24) is 40.1 Å². The summed E-state index contributed by atoms with van der Waals surface area (Å²) in [6, 6.07) is 7.52. The van der Waals surface area contributed by atoms with E-state index in [0.717, 1.165) is 11.1 Å². The van der Waals surface area contributed by atoms with Crippen molar-refractivity contribution in [3.8, 4) is 0 Å². The molecule has 3 aromatic heterocycles. The van der Waals surface area contributed by atoms with Gasteiger partial charge in [-0.15, -0.1) is 0 Å². The summed E-state index contributed by atoms with van der Waals surface area (Å²) in [5.74, 6) is -10.9. The molecule has 131 heavy (non-hydrogen) atoms. The Bertz CT molecular complexity index is 5670. The zero-order valence-corrected chi connectivity index (χ0v) is 77.4. The van der Waals surface area contributed by atoms with Gasteiger partial charge in [-0.25, -0.2) is 19.7 Å². The Labute approximate surface area is 765 Å². The van der Waals surface area contributed by atoms with E-state index >= 15 is 0 Å². The van der Waals surface area contributed by atoms with Crippen LogP contribution in [0.3, 0.4) is 0 Å². The number of aromatic nitrogens is 6. The number of fused-ring (bicyclic) bond motifs is 8. The average molecular weight is 1910 g/mol. The molecule has 5 aromatic rings. The number of imidazole rings is 1. The van der Waals surface area contributed by atoms with E-state index in [4.69, 9.17) is 94.7 Å². The maximum Gasteiger partial charge on any atom is 3.00 e. The number of ether oxygens (including phenoxy) is 1. The van der Waals surface area contributed by atoms with E-state index in [1.165, 1.54) is 36.1 Å². The molecule has 25 N–H and O–H groups in total. The summed E-state index contributed by atoms with van der Waals surface area (Å²) in [6.07, 6.45) is -3.95. The number of aliphatic imine (C=N–C) groups is 3. The molecular formula is C84H117CoN21O23PS. The molecule has 0 radical (unpaired) electrons. The van der Waals surface area contributed by atoms with Gasteiger partial charge in [-0.05, 0) is 150 Å². The second-order valence-corrected chi connectivity index (χ2v) is 37.7. The van der Waals surface area contributed by atoms with Gasteiger partial charge in [0.15, 0.2) is 17.4 Å². The number of aliphatic carboxylic acids is 2. The average Bonchev–Trinajstić information content (AvgIpc) is 1.52. The van der Waals surface area contributed by atoms with Crippen molar-refractivity contribution < 1.29 is 121 Å². The third-order valence-electron chi connectivity index (χ3n) is 25.2. The third kappa shape index (κ3) is 24.6. The topological polar surface area (TPSA) is 759 Å². The number of phosphoric acid groups is 1. The zero-order chi connectivity index (χ0) is 95.9. The van der Waals surface area contributed by atoms with Crippen molar-refractivity contribution >= 4 is 128 Å². The molecule has 6 aliphatic heterocycles. The van der Waals surface area contributed by atoms with Crippen molar-refractivity contribution in [3.05, 3.63) is 129 Å². The summed E-state index contributed by atoms with van der Waals surface area (Å²) in [5.41, 5.74) is 47.9. The number of allylic oxidation sites excluding steroid dienone is 6. The minimum atomic E-state index is -5.32. The van der Waals surface area contributed by atoms with E-state index in [1.807, 2.05) is 80.5 Å². The molecule has 44 nitrogen and oxygen atoms in total. The summed E-state index contributed by atoms with van der Waals surface area (Å²) in [6.45, 7) is 19.2. The fourth-order valence-electron chi connectivity index (χ4n) is 18.2. The van der Waals surface area contributed by atoms with Gasteiger partial charge in [0, 0.05) is 133 Å². The predicted octanol–water partition coefficient (Wildman–Crippen LogP) is 2.55. The first-order chi connectivity index (χ1) is 60.1. The van der Waals surface area contributed by atoms with Gasteiger partial charge >= 0.3 is 28.7 Å². The van der Waals surface area contributed by atoms with Gasteiger partial charge in [-0.2, -0.15) is 19.1 Å². The number of carbonyl (C=O) groups is 10. The first kappa shape index (κ1) is 107. The molecule has 8 amide bonds. The van der Waals surface area contributed by atoms with Crippen LogP contribution in [0.4, 0.5) is 11.6 Å². The Balaban J connectivity index is 0.000000472. The summed E-state index contributed by atoms with van der Waals surface area (Å²) in [7, 11) is -9.12. The van der Waals surface area contributed by atoms with Crippen LogP contribution in [-0.4, -0.2) is 207 Å². The largest absolute Gasteiger partial charge is 3.00 e. The molecule has 8 bridgehead atoms. The molecule has 2 aromatic carbocycles. The number of aliphatic hydroxyl groups is 2. The van der Waals surface area contributed by atoms with Crippen molar-refractivity contribution in [3.63, 3.8) is 0 Å². The third-order valence-corrected chi connectivity index (χ3v) is 27.1. The number of H-pyrrole nitrogens is 1. The first-order valence-electron chi connectivity index (χ1n) is 41.5. The number of hydrogen-bond donors (Lipinski definition) is 17. The number of aryl methyl sites for hydroxylation is 2. The summed E-state index contributed by atoms with van der Waals surface area (Å²) in [5, 5.41) is 53.3. The Morgan fingerprint density at radius 3 is 1.96 bits per heavy atom. The molecule has 716 valence electrons. The van der Waals surface area contributed by atoms with Crippen molar-refractivity contribution in [2.75, 3.05) is 36.5 Å². The van der Waals surface area contributed by atoms with Crippen molar-refractivity contribution in [2.45, 2.75) is 214 Å². The number of nitrogens with zero attached hydrogens (tertiary/aromatic N) is 9. The van der Waals surface area contributed by atoms with Gasteiger partial charge in [0.2, 0.25) is 47.3 Å². The number of nitrogen functional groups attached to an aromatic ring is 1. The number of carboxylic acid groups (broad SMARTS) is 2. The van der Waals surface area contributed by atoms with Crippen LogP contribution in [0.2, 0.25) is 0 Å². The van der Waals surface area contributed by atoms with Crippen LogP contribution < -0.4 is 72.3 Å². The number of amides is 8. The Kier molecular flexibility index (Phi) is 35.1. The van der Waals surface area contributed by atoms with E-state index in [2.05, 4.69) is 40.9 Å². The predicted molar refractivity (Wildman–Crippen MR) is 475 cm³/mol. The van der Waals surface area contributed by atoms with E-state index in [-0.39, 0.29) is 156 Å². The van der Waals surface area contributed by atoms with Crippen LogP contribution in [0.5, 0.6) is 0 Å². The van der Waals surface area contributed by atoms with Gasteiger partial charge in [0.1, 0.15) is 24.4 Å². The van der Waals surface area contributed by atoms with Gasteiger partial charge in [-0.3, -0.25) is 77.0 Å². The summed E-state index contributed by atoms with van der Waals surface area (Å²) < 4.78 is 59.2. The summed E-state index contributed by atoms with van der Waals surface area (Å²) >= 11 is 0. The Morgan fingerprint density at radius 2 is 1.40 bits per heavy atom. The number of primary amides is 6. The fraction of sp³-hybridized carbons (Fsp3) is 0.536. The number of rotatable bonds is 37. The van der Waals surface area contributed by atoms with Crippen molar-refractivity contribution in [1.29, 1.82) is 0 Å². The van der Waals surface area contributed by atoms with Gasteiger partial charge in [0.25, 0.3) is 29.4 Å². The van der Waals surface area contributed by atoms with E-state index in [1.54, 1.807) is 19.1 Å². The number of anilines is 2. The monoisotopic (exact) mass is 1910 g/mol. The number of carbonyl (C=O) groups excluding carboxylic acids is 8. The number of aliphatic hydroxyl groups excluding tert-OH is 2. The number of nitrogens with two attached hydrogens (primary N) is 8. The number of aromatic amines is 1.